The van der Waals surface area contributed by atoms with Crippen molar-refractivity contribution in [2.75, 3.05) is 11.4 Å². The maximum Gasteiger partial charge on any atom is 0.248 e. The third-order valence-corrected chi connectivity index (χ3v) is 9.93. The molecule has 4 aliphatic rings. The van der Waals surface area contributed by atoms with Crippen LogP contribution in [0.4, 0.5) is 14.5 Å². The van der Waals surface area contributed by atoms with E-state index in [9.17, 15) is 13.6 Å². The molecule has 0 unspecified atom stereocenters. The van der Waals surface area contributed by atoms with Crippen LogP contribution in [0, 0.1) is 18.3 Å². The minimum absolute atomic E-state index is 0.0233. The van der Waals surface area contributed by atoms with E-state index in [1.807, 2.05) is 46.9 Å². The Balaban J connectivity index is 1.26. The van der Waals surface area contributed by atoms with Gasteiger partial charge in [0.05, 0.1) is 12.0 Å². The van der Waals surface area contributed by atoms with Crippen molar-refractivity contribution >= 4 is 11.6 Å². The molecule has 1 amide bonds. The highest BCUT2D eigenvalue weighted by Crippen LogP contribution is 2.58. The fourth-order valence-corrected chi connectivity index (χ4v) is 7.09. The lowest BCUT2D eigenvalue weighted by molar-refractivity contribution is -0.127. The number of amides is 1. The van der Waals surface area contributed by atoms with Gasteiger partial charge in [0.1, 0.15) is 0 Å². The van der Waals surface area contributed by atoms with Crippen molar-refractivity contribution in [1.29, 1.82) is 0 Å². The van der Waals surface area contributed by atoms with Crippen molar-refractivity contribution in [2.24, 2.45) is 11.3 Å². The van der Waals surface area contributed by atoms with E-state index in [1.54, 1.807) is 6.33 Å². The second kappa shape index (κ2) is 10.0. The van der Waals surface area contributed by atoms with Crippen LogP contribution < -0.4 is 4.90 Å². The van der Waals surface area contributed by atoms with Crippen LogP contribution >= 0.6 is 0 Å². The van der Waals surface area contributed by atoms with Crippen molar-refractivity contribution in [3.8, 4) is 5.69 Å². The molecule has 0 N–H and O–H groups in total. The van der Waals surface area contributed by atoms with Crippen molar-refractivity contribution in [2.45, 2.75) is 109 Å². The Labute approximate surface area is 240 Å². The molecule has 2 aromatic heterocycles. The van der Waals surface area contributed by atoms with E-state index in [-0.39, 0.29) is 53.8 Å². The van der Waals surface area contributed by atoms with Crippen LogP contribution in [-0.2, 0) is 15.6 Å². The fraction of sp³-hybridized carbons (Fsp3) is 0.625. The molecule has 0 aliphatic heterocycles. The van der Waals surface area contributed by atoms with Gasteiger partial charge in [0.2, 0.25) is 17.7 Å². The summed E-state index contributed by atoms with van der Waals surface area (Å²) in [6.45, 7) is 8.81. The second-order valence-corrected chi connectivity index (χ2v) is 14.0. The lowest BCUT2D eigenvalue weighted by Crippen LogP contribution is -2.52. The highest BCUT2D eigenvalue weighted by Gasteiger charge is 2.53. The van der Waals surface area contributed by atoms with Crippen molar-refractivity contribution in [3.05, 3.63) is 54.2 Å². The van der Waals surface area contributed by atoms with Crippen LogP contribution in [0.15, 0.2) is 41.3 Å². The van der Waals surface area contributed by atoms with Gasteiger partial charge >= 0.3 is 0 Å². The number of nitrogens with zero attached hydrogens (tertiary/aromatic N) is 5. The number of carbonyl (C=O) groups is 1. The normalized spacial score (nSPS) is 26.3. The second-order valence-electron chi connectivity index (χ2n) is 14.0. The average molecular weight is 566 g/mol. The minimum atomic E-state index is -2.67. The van der Waals surface area contributed by atoms with Crippen molar-refractivity contribution < 1.29 is 18.1 Å². The van der Waals surface area contributed by atoms with Gasteiger partial charge in [0, 0.05) is 53.7 Å². The number of rotatable bonds is 6. The number of aryl methyl sites for hydroxylation is 1. The zero-order valence-corrected chi connectivity index (χ0v) is 24.6. The summed E-state index contributed by atoms with van der Waals surface area (Å²) in [6.07, 6.45) is 9.48. The Morgan fingerprint density at radius 1 is 1.07 bits per heavy atom. The third kappa shape index (κ3) is 5.44. The molecule has 1 aromatic carbocycles. The van der Waals surface area contributed by atoms with Crippen LogP contribution in [0.5, 0.6) is 0 Å². The number of alkyl halides is 2. The quantitative estimate of drug-likeness (QED) is 0.313. The zero-order chi connectivity index (χ0) is 29.0. The molecule has 0 saturated heterocycles. The van der Waals surface area contributed by atoms with E-state index in [0.717, 1.165) is 67.3 Å². The molecule has 4 fully saturated rings. The lowest BCUT2D eigenvalue weighted by Gasteiger charge is -2.53. The summed E-state index contributed by atoms with van der Waals surface area (Å²) in [5, 5.41) is 4.30. The Hall–Kier alpha value is -3.10. The zero-order valence-electron chi connectivity index (χ0n) is 24.6. The van der Waals surface area contributed by atoms with E-state index in [0.29, 0.717) is 6.54 Å². The van der Waals surface area contributed by atoms with Gasteiger partial charge in [-0.25, -0.2) is 13.8 Å². The van der Waals surface area contributed by atoms with Crippen LogP contribution in [-0.4, -0.2) is 38.1 Å². The van der Waals surface area contributed by atoms with Gasteiger partial charge in [-0.3, -0.25) is 4.79 Å². The Morgan fingerprint density at radius 2 is 1.76 bits per heavy atom. The largest absolute Gasteiger partial charge is 0.339 e. The summed E-state index contributed by atoms with van der Waals surface area (Å²) in [7, 11) is 0. The number of imidazole rings is 1. The van der Waals surface area contributed by atoms with E-state index in [2.05, 4.69) is 30.9 Å². The number of hydrogen-bond donors (Lipinski definition) is 0. The van der Waals surface area contributed by atoms with Gasteiger partial charge in [-0.1, -0.05) is 32.0 Å². The molecule has 41 heavy (non-hydrogen) atoms. The van der Waals surface area contributed by atoms with E-state index in [1.165, 1.54) is 0 Å². The Bertz CT molecular complexity index is 1390. The topological polar surface area (TPSA) is 77.0 Å². The Kier molecular flexibility index (Phi) is 6.85. The Morgan fingerprint density at radius 3 is 2.34 bits per heavy atom. The van der Waals surface area contributed by atoms with Gasteiger partial charge in [-0.05, 0) is 81.9 Å². The molecule has 7 nitrogen and oxygen atoms in total. The maximum atomic E-state index is 14.1. The van der Waals surface area contributed by atoms with Crippen LogP contribution in [0.3, 0.4) is 0 Å². The first-order valence-corrected chi connectivity index (χ1v) is 15.0. The molecule has 2 heterocycles. The summed E-state index contributed by atoms with van der Waals surface area (Å²) < 4.78 is 35.8. The van der Waals surface area contributed by atoms with E-state index in [4.69, 9.17) is 9.51 Å². The summed E-state index contributed by atoms with van der Waals surface area (Å²) in [4.78, 5) is 25.2. The molecule has 220 valence electrons. The number of hydrogen-bond acceptors (Lipinski definition) is 5. The standard InChI is InChI=1S/C32H41F2N5O2/c1-22-19-38(21-35-22)24-6-5-7-25(18-24)39(26(40)23-8-10-32(33,34)11-9-23)20-30-12-15-31(16-13-30,17-14-30)28-36-27(37-41-28)29(2,3)4/h5-7,18-19,21,23H,8-17,20H2,1-4H3. The molecule has 4 saturated carbocycles. The molecule has 4 aliphatic carbocycles. The SMILES string of the molecule is Cc1cn(-c2cccc(N(CC34CCC(c5nc(C(C)(C)C)no5)(CC3)CC4)C(=O)C3CCC(F)(F)CC3)c2)cn1. The number of aromatic nitrogens is 4. The highest BCUT2D eigenvalue weighted by molar-refractivity contribution is 5.95. The van der Waals surface area contributed by atoms with E-state index < -0.39 is 5.92 Å². The molecule has 9 heteroatoms. The average Bonchev–Trinajstić information content (AvgIpc) is 3.63. The molecule has 0 spiro atoms. The molecule has 2 bridgehead atoms. The van der Waals surface area contributed by atoms with Crippen LogP contribution in [0.25, 0.3) is 5.69 Å². The third-order valence-electron chi connectivity index (χ3n) is 9.93. The number of fused-ring (bicyclic) bond motifs is 3. The van der Waals surface area contributed by atoms with Crippen molar-refractivity contribution in [3.63, 3.8) is 0 Å². The molecule has 0 atom stereocenters. The van der Waals surface area contributed by atoms with Gasteiger partial charge in [0.15, 0.2) is 5.82 Å². The molecule has 7 rings (SSSR count). The highest BCUT2D eigenvalue weighted by atomic mass is 19.3. The number of benzene rings is 1. The summed E-state index contributed by atoms with van der Waals surface area (Å²) in [5.74, 6) is -1.58. The first kappa shape index (κ1) is 28.0. The monoisotopic (exact) mass is 565 g/mol. The smallest absolute Gasteiger partial charge is 0.248 e. The number of carbonyl (C=O) groups excluding carboxylic acids is 1. The number of anilines is 1. The first-order chi connectivity index (χ1) is 19.4. The molecule has 3 aromatic rings. The minimum Gasteiger partial charge on any atom is -0.339 e. The molecule has 0 radical (unpaired) electrons. The maximum absolute atomic E-state index is 14.1. The molecular weight excluding hydrogens is 524 g/mol. The predicted octanol–water partition coefficient (Wildman–Crippen LogP) is 7.31. The fourth-order valence-electron chi connectivity index (χ4n) is 7.09. The molecular formula is C32H41F2N5O2. The van der Waals surface area contributed by atoms with Gasteiger partial charge < -0.3 is 14.0 Å². The van der Waals surface area contributed by atoms with E-state index >= 15 is 0 Å². The van der Waals surface area contributed by atoms with Crippen molar-refractivity contribution in [1.82, 2.24) is 19.7 Å². The van der Waals surface area contributed by atoms with Gasteiger partial charge in [0.25, 0.3) is 0 Å². The lowest BCUT2D eigenvalue weighted by atomic mass is 9.53. The first-order valence-electron chi connectivity index (χ1n) is 15.0. The number of halogens is 2. The summed E-state index contributed by atoms with van der Waals surface area (Å²) >= 11 is 0. The van der Waals surface area contributed by atoms with Crippen LogP contribution in [0.2, 0.25) is 0 Å². The summed E-state index contributed by atoms with van der Waals surface area (Å²) in [6, 6.07) is 7.96. The van der Waals surface area contributed by atoms with Gasteiger partial charge in [-0.15, -0.1) is 0 Å². The van der Waals surface area contributed by atoms with Crippen LogP contribution in [0.1, 0.15) is 102 Å². The summed E-state index contributed by atoms with van der Waals surface area (Å²) in [5.41, 5.74) is 2.37. The van der Waals surface area contributed by atoms with Gasteiger partial charge in [-0.2, -0.15) is 4.98 Å². The predicted molar refractivity (Wildman–Crippen MR) is 152 cm³/mol.